The van der Waals surface area contributed by atoms with Crippen LogP contribution in [0.25, 0.3) is 0 Å². The normalized spacial score (nSPS) is 11.3. The molecule has 0 radical (unpaired) electrons. The highest BCUT2D eigenvalue weighted by molar-refractivity contribution is 7.90. The van der Waals surface area contributed by atoms with Crippen molar-refractivity contribution in [3.05, 3.63) is 23.8 Å². The third-order valence-corrected chi connectivity index (χ3v) is 3.19. The highest BCUT2D eigenvalue weighted by Crippen LogP contribution is 2.24. The van der Waals surface area contributed by atoms with Crippen LogP contribution in [0, 0.1) is 0 Å². The zero-order chi connectivity index (χ0) is 12.3. The molecule has 6 heteroatoms. The first-order valence-corrected chi connectivity index (χ1v) is 6.43. The van der Waals surface area contributed by atoms with Gasteiger partial charge in [-0.15, -0.1) is 0 Å². The molecule has 0 aromatic heterocycles. The van der Waals surface area contributed by atoms with E-state index in [4.69, 9.17) is 5.11 Å². The van der Waals surface area contributed by atoms with Crippen LogP contribution in [0.2, 0.25) is 0 Å². The first-order chi connectivity index (χ1) is 7.30. The minimum absolute atomic E-state index is 0.0579. The van der Waals surface area contributed by atoms with Gasteiger partial charge in [-0.25, -0.2) is 8.42 Å². The lowest BCUT2D eigenvalue weighted by Crippen LogP contribution is -2.00. The van der Waals surface area contributed by atoms with Gasteiger partial charge in [0, 0.05) is 12.7 Å². The van der Waals surface area contributed by atoms with Crippen LogP contribution in [-0.4, -0.2) is 30.9 Å². The van der Waals surface area contributed by atoms with Crippen molar-refractivity contribution in [1.29, 1.82) is 0 Å². The van der Waals surface area contributed by atoms with Crippen LogP contribution >= 0.6 is 0 Å². The minimum atomic E-state index is -3.45. The zero-order valence-corrected chi connectivity index (χ0v) is 9.49. The average molecular weight is 244 g/mol. The number of hydrogen-bond acceptors (Lipinski definition) is 4. The van der Waals surface area contributed by atoms with Gasteiger partial charge in [0.1, 0.15) is 10.6 Å². The van der Waals surface area contributed by atoms with Crippen molar-refractivity contribution in [3.8, 4) is 5.75 Å². The lowest BCUT2D eigenvalue weighted by molar-refractivity contribution is -0.136. The van der Waals surface area contributed by atoms with Gasteiger partial charge in [-0.05, 0) is 24.1 Å². The second-order valence-corrected chi connectivity index (χ2v) is 5.45. The monoisotopic (exact) mass is 244 g/mol. The second kappa shape index (κ2) is 4.52. The number of aliphatic carboxylic acids is 1. The smallest absolute Gasteiger partial charge is 0.303 e. The molecule has 0 aliphatic heterocycles. The fourth-order valence-electron chi connectivity index (χ4n) is 1.28. The zero-order valence-electron chi connectivity index (χ0n) is 8.67. The summed E-state index contributed by atoms with van der Waals surface area (Å²) in [7, 11) is -3.45. The summed E-state index contributed by atoms with van der Waals surface area (Å²) >= 11 is 0. The molecule has 0 amide bonds. The highest BCUT2D eigenvalue weighted by atomic mass is 32.2. The Labute approximate surface area is 93.3 Å². The topological polar surface area (TPSA) is 91.7 Å². The van der Waals surface area contributed by atoms with Crippen molar-refractivity contribution >= 4 is 15.8 Å². The van der Waals surface area contributed by atoms with Crippen LogP contribution < -0.4 is 0 Å². The molecule has 0 atom stereocenters. The number of carbonyl (C=O) groups is 1. The molecule has 1 aromatic rings. The molecule has 0 fully saturated rings. The molecule has 0 spiro atoms. The van der Waals surface area contributed by atoms with E-state index in [0.717, 1.165) is 6.26 Å². The van der Waals surface area contributed by atoms with Gasteiger partial charge in [0.05, 0.1) is 0 Å². The first-order valence-electron chi connectivity index (χ1n) is 4.54. The Morgan fingerprint density at radius 2 is 2.00 bits per heavy atom. The van der Waals surface area contributed by atoms with Gasteiger partial charge in [-0.1, -0.05) is 6.07 Å². The van der Waals surface area contributed by atoms with Crippen LogP contribution in [0.1, 0.15) is 12.0 Å². The van der Waals surface area contributed by atoms with Crippen molar-refractivity contribution < 1.29 is 23.4 Å². The molecule has 0 aliphatic carbocycles. The van der Waals surface area contributed by atoms with Crippen molar-refractivity contribution in [2.45, 2.75) is 17.7 Å². The number of hydrogen-bond donors (Lipinski definition) is 2. The number of phenols is 1. The molecule has 1 rings (SSSR count). The van der Waals surface area contributed by atoms with Gasteiger partial charge in [-0.2, -0.15) is 0 Å². The Morgan fingerprint density at radius 3 is 2.44 bits per heavy atom. The largest absolute Gasteiger partial charge is 0.507 e. The van der Waals surface area contributed by atoms with Crippen LogP contribution in [0.5, 0.6) is 5.75 Å². The molecular weight excluding hydrogens is 232 g/mol. The van der Waals surface area contributed by atoms with Gasteiger partial charge in [0.2, 0.25) is 0 Å². The summed E-state index contributed by atoms with van der Waals surface area (Å²) < 4.78 is 22.4. The second-order valence-electron chi connectivity index (χ2n) is 3.47. The number of phenolic OH excluding ortho intramolecular Hbond substituents is 1. The number of aromatic hydroxyl groups is 1. The van der Waals surface area contributed by atoms with E-state index in [-0.39, 0.29) is 23.5 Å². The summed E-state index contributed by atoms with van der Waals surface area (Å²) in [5, 5.41) is 17.9. The van der Waals surface area contributed by atoms with E-state index in [1.807, 2.05) is 0 Å². The Hall–Kier alpha value is -1.56. The molecule has 88 valence electrons. The molecule has 1 aromatic carbocycles. The third-order valence-electron chi connectivity index (χ3n) is 2.05. The third kappa shape index (κ3) is 3.23. The number of rotatable bonds is 4. The minimum Gasteiger partial charge on any atom is -0.507 e. The summed E-state index contributed by atoms with van der Waals surface area (Å²) in [4.78, 5) is 10.2. The number of sulfone groups is 1. The molecule has 0 saturated heterocycles. The van der Waals surface area contributed by atoms with Crippen molar-refractivity contribution in [2.75, 3.05) is 6.26 Å². The van der Waals surface area contributed by atoms with Crippen molar-refractivity contribution in [1.82, 2.24) is 0 Å². The molecule has 0 unspecified atom stereocenters. The Kier molecular flexibility index (Phi) is 3.54. The van der Waals surface area contributed by atoms with Crippen LogP contribution in [0.4, 0.5) is 0 Å². The van der Waals surface area contributed by atoms with Gasteiger partial charge in [0.15, 0.2) is 9.84 Å². The highest BCUT2D eigenvalue weighted by Gasteiger charge is 2.13. The maximum Gasteiger partial charge on any atom is 0.303 e. The maximum absolute atomic E-state index is 11.2. The predicted octanol–water partition coefficient (Wildman–Crippen LogP) is 0.813. The molecule has 0 aliphatic rings. The molecule has 2 N–H and O–H groups in total. The van der Waals surface area contributed by atoms with E-state index in [2.05, 4.69) is 0 Å². The predicted molar refractivity (Wildman–Crippen MR) is 57.2 cm³/mol. The summed E-state index contributed by atoms with van der Waals surface area (Å²) in [5.74, 6) is -1.28. The van der Waals surface area contributed by atoms with Gasteiger partial charge in [-0.3, -0.25) is 4.79 Å². The fourth-order valence-corrected chi connectivity index (χ4v) is 2.04. The number of carboxylic acid groups (broad SMARTS) is 1. The van der Waals surface area contributed by atoms with Crippen molar-refractivity contribution in [3.63, 3.8) is 0 Å². The molecule has 5 nitrogen and oxygen atoms in total. The molecule has 16 heavy (non-hydrogen) atoms. The summed E-state index contributed by atoms with van der Waals surface area (Å²) in [6, 6.07) is 4.06. The van der Waals surface area contributed by atoms with Crippen LogP contribution in [-0.2, 0) is 21.1 Å². The quantitative estimate of drug-likeness (QED) is 0.817. The lowest BCUT2D eigenvalue weighted by atomic mass is 10.1. The Bertz CT molecular complexity index is 504. The molecule has 0 heterocycles. The maximum atomic E-state index is 11.2. The van der Waals surface area contributed by atoms with Crippen LogP contribution in [0.3, 0.4) is 0 Å². The van der Waals surface area contributed by atoms with Crippen LogP contribution in [0.15, 0.2) is 23.1 Å². The van der Waals surface area contributed by atoms with E-state index in [1.54, 1.807) is 0 Å². The summed E-state index contributed by atoms with van der Waals surface area (Å²) in [5.41, 5.74) is 0.590. The van der Waals surface area contributed by atoms with E-state index < -0.39 is 15.8 Å². The number of aryl methyl sites for hydroxylation is 1. The number of carboxylic acids is 1. The number of benzene rings is 1. The molecular formula is C10H12O5S. The Balaban J connectivity index is 2.96. The van der Waals surface area contributed by atoms with E-state index >= 15 is 0 Å². The van der Waals surface area contributed by atoms with E-state index in [9.17, 15) is 18.3 Å². The van der Waals surface area contributed by atoms with Gasteiger partial charge < -0.3 is 10.2 Å². The summed E-state index contributed by atoms with van der Waals surface area (Å²) in [6.45, 7) is 0. The summed E-state index contributed by atoms with van der Waals surface area (Å²) in [6.07, 6.45) is 1.20. The average Bonchev–Trinajstić information content (AvgIpc) is 2.12. The lowest BCUT2D eigenvalue weighted by Gasteiger charge is -2.04. The standard InChI is InChI=1S/C10H12O5S/c1-16(14,15)9-4-2-7(6-8(9)11)3-5-10(12)13/h2,4,6,11H,3,5H2,1H3,(H,12,13). The van der Waals surface area contributed by atoms with Crippen molar-refractivity contribution in [2.24, 2.45) is 0 Å². The van der Waals surface area contributed by atoms with Gasteiger partial charge in [0.25, 0.3) is 0 Å². The first kappa shape index (κ1) is 12.5. The van der Waals surface area contributed by atoms with Gasteiger partial charge >= 0.3 is 5.97 Å². The molecule has 0 saturated carbocycles. The Morgan fingerprint density at radius 1 is 1.38 bits per heavy atom. The fraction of sp³-hybridized carbons (Fsp3) is 0.300. The molecule has 0 bridgehead atoms. The van der Waals surface area contributed by atoms with E-state index in [1.165, 1.54) is 18.2 Å². The van der Waals surface area contributed by atoms with E-state index in [0.29, 0.717) is 5.56 Å². The SMILES string of the molecule is CS(=O)(=O)c1ccc(CCC(=O)O)cc1O.